The number of anilines is 1. The molecule has 1 fully saturated rings. The second kappa shape index (κ2) is 10.1. The lowest BCUT2D eigenvalue weighted by molar-refractivity contribution is 0.0175. The fraction of sp³-hybridized carbons (Fsp3) is 0.517. The van der Waals surface area contributed by atoms with Gasteiger partial charge in [-0.3, -0.25) is 9.80 Å². The molecule has 1 aromatic heterocycles. The molecule has 0 bridgehead atoms. The highest BCUT2D eigenvalue weighted by Crippen LogP contribution is 2.42. The van der Waals surface area contributed by atoms with Crippen LogP contribution in [-0.2, 0) is 6.42 Å². The third kappa shape index (κ3) is 5.01. The highest BCUT2D eigenvalue weighted by atomic mass is 19.1. The molecule has 2 aliphatic heterocycles. The number of hydrogen-bond acceptors (Lipinski definition) is 4. The van der Waals surface area contributed by atoms with Crippen LogP contribution in [0, 0.1) is 5.82 Å². The maximum atomic E-state index is 15.1. The van der Waals surface area contributed by atoms with Crippen LogP contribution >= 0.6 is 0 Å². The Balaban J connectivity index is 1.43. The lowest BCUT2D eigenvalue weighted by atomic mass is 9.87. The molecule has 194 valence electrons. The predicted molar refractivity (Wildman–Crippen MR) is 142 cm³/mol. The van der Waals surface area contributed by atoms with Crippen LogP contribution in [-0.4, -0.2) is 70.4 Å². The van der Waals surface area contributed by atoms with Crippen LogP contribution in [0.4, 0.5) is 14.5 Å². The van der Waals surface area contributed by atoms with Crippen LogP contribution < -0.4 is 5.32 Å². The van der Waals surface area contributed by atoms with Crippen molar-refractivity contribution in [1.82, 2.24) is 14.8 Å². The SMILES string of the molecule is CCCCN1CC(Nc2ccc(C3c4[nH]c5ccc(F)cc5c4CC(C)N3CC(C)(F)CO)cc2)C1. The number of rotatable bonds is 9. The van der Waals surface area contributed by atoms with Crippen molar-refractivity contribution in [2.24, 2.45) is 0 Å². The van der Waals surface area contributed by atoms with E-state index in [0.717, 1.165) is 46.5 Å². The number of fused-ring (bicyclic) bond motifs is 3. The summed E-state index contributed by atoms with van der Waals surface area (Å²) in [6.45, 7) is 8.63. The van der Waals surface area contributed by atoms with Crippen LogP contribution in [0.15, 0.2) is 42.5 Å². The molecule has 0 radical (unpaired) electrons. The quantitative estimate of drug-likeness (QED) is 0.378. The highest BCUT2D eigenvalue weighted by molar-refractivity contribution is 5.85. The third-order valence-electron chi connectivity index (χ3n) is 7.80. The molecular weight excluding hydrogens is 458 g/mol. The van der Waals surface area contributed by atoms with Gasteiger partial charge in [-0.15, -0.1) is 0 Å². The summed E-state index contributed by atoms with van der Waals surface area (Å²) in [5.74, 6) is -0.257. The van der Waals surface area contributed by atoms with Gasteiger partial charge in [0.25, 0.3) is 0 Å². The van der Waals surface area contributed by atoms with Crippen LogP contribution in [0.1, 0.15) is 56.5 Å². The topological polar surface area (TPSA) is 54.5 Å². The zero-order valence-corrected chi connectivity index (χ0v) is 21.5. The van der Waals surface area contributed by atoms with Crippen molar-refractivity contribution in [3.8, 4) is 0 Å². The molecule has 0 aliphatic carbocycles. The Morgan fingerprint density at radius 3 is 2.61 bits per heavy atom. The number of likely N-dealkylation sites (tertiary alicyclic amines) is 1. The monoisotopic (exact) mass is 496 g/mol. The fourth-order valence-corrected chi connectivity index (χ4v) is 5.79. The molecule has 5 rings (SSSR count). The van der Waals surface area contributed by atoms with Gasteiger partial charge in [0.1, 0.15) is 11.5 Å². The predicted octanol–water partition coefficient (Wildman–Crippen LogP) is 5.26. The van der Waals surface area contributed by atoms with Gasteiger partial charge in [-0.25, -0.2) is 8.78 Å². The summed E-state index contributed by atoms with van der Waals surface area (Å²) in [6.07, 6.45) is 3.15. The number of nitrogens with one attached hydrogen (secondary N) is 2. The van der Waals surface area contributed by atoms with Crippen molar-refractivity contribution in [3.63, 3.8) is 0 Å². The summed E-state index contributed by atoms with van der Waals surface area (Å²) < 4.78 is 29.2. The van der Waals surface area contributed by atoms with Gasteiger partial charge in [0.05, 0.1) is 18.7 Å². The zero-order chi connectivity index (χ0) is 25.4. The smallest absolute Gasteiger partial charge is 0.143 e. The maximum Gasteiger partial charge on any atom is 0.143 e. The summed E-state index contributed by atoms with van der Waals surface area (Å²) >= 11 is 0. The lowest BCUT2D eigenvalue weighted by Crippen LogP contribution is -2.54. The molecule has 3 N–H and O–H groups in total. The summed E-state index contributed by atoms with van der Waals surface area (Å²) in [5, 5.41) is 14.2. The van der Waals surface area contributed by atoms with Crippen molar-refractivity contribution >= 4 is 16.6 Å². The normalized spacial score (nSPS) is 22.8. The van der Waals surface area contributed by atoms with Crippen LogP contribution in [0.3, 0.4) is 0 Å². The molecule has 3 aromatic rings. The molecule has 7 heteroatoms. The number of H-pyrrole nitrogens is 1. The van der Waals surface area contributed by atoms with E-state index in [1.54, 1.807) is 12.1 Å². The van der Waals surface area contributed by atoms with Crippen molar-refractivity contribution in [1.29, 1.82) is 0 Å². The van der Waals surface area contributed by atoms with Gasteiger partial charge in [-0.2, -0.15) is 0 Å². The Morgan fingerprint density at radius 2 is 1.92 bits per heavy atom. The Kier molecular flexibility index (Phi) is 7.07. The molecule has 0 saturated carbocycles. The van der Waals surface area contributed by atoms with E-state index in [0.29, 0.717) is 12.5 Å². The minimum Gasteiger partial charge on any atom is -0.393 e. The van der Waals surface area contributed by atoms with E-state index in [9.17, 15) is 9.50 Å². The molecule has 3 atom stereocenters. The molecule has 0 spiro atoms. The van der Waals surface area contributed by atoms with Gasteiger partial charge in [0.2, 0.25) is 0 Å². The van der Waals surface area contributed by atoms with E-state index in [4.69, 9.17) is 0 Å². The first-order valence-electron chi connectivity index (χ1n) is 13.2. The number of unbranched alkanes of at least 4 members (excludes halogenated alkanes) is 1. The summed E-state index contributed by atoms with van der Waals surface area (Å²) in [7, 11) is 0. The minimum atomic E-state index is -1.72. The number of aromatic nitrogens is 1. The Bertz CT molecular complexity index is 1190. The molecule has 36 heavy (non-hydrogen) atoms. The molecule has 5 nitrogen and oxygen atoms in total. The molecule has 1 saturated heterocycles. The number of aromatic amines is 1. The first-order chi connectivity index (χ1) is 17.3. The van der Waals surface area contributed by atoms with Crippen LogP contribution in [0.5, 0.6) is 0 Å². The average molecular weight is 497 g/mol. The summed E-state index contributed by atoms with van der Waals surface area (Å²) in [6, 6.07) is 13.5. The van der Waals surface area contributed by atoms with Crippen molar-refractivity contribution in [2.45, 2.75) is 63.8 Å². The summed E-state index contributed by atoms with van der Waals surface area (Å²) in [4.78, 5) is 8.13. The minimum absolute atomic E-state index is 0.0216. The highest BCUT2D eigenvalue weighted by Gasteiger charge is 2.39. The average Bonchev–Trinajstić information content (AvgIpc) is 3.18. The second-order valence-corrected chi connectivity index (χ2v) is 11.0. The first kappa shape index (κ1) is 25.2. The van der Waals surface area contributed by atoms with Gasteiger partial charge >= 0.3 is 0 Å². The number of aliphatic hydroxyl groups excluding tert-OH is 1. The standard InChI is InChI=1S/C29H38F2N4O/c1-4-5-12-34-15-23(16-34)32-22-9-6-20(7-10-22)28-27-25(24-14-21(30)8-11-26(24)33-27)13-19(2)35(28)17-29(3,31)18-36/h6-11,14,19,23,28,32-33,36H,4-5,12-13,15-18H2,1-3H3. The van der Waals surface area contributed by atoms with Gasteiger partial charge in [-0.05, 0) is 74.7 Å². The summed E-state index contributed by atoms with van der Waals surface area (Å²) in [5.41, 5.74) is 3.37. The number of alkyl halides is 1. The third-order valence-corrected chi connectivity index (χ3v) is 7.80. The number of nitrogens with zero attached hydrogens (tertiary/aromatic N) is 2. The van der Waals surface area contributed by atoms with Gasteiger partial charge in [0.15, 0.2) is 0 Å². The molecule has 3 unspecified atom stereocenters. The lowest BCUT2D eigenvalue weighted by Gasteiger charge is -2.43. The van der Waals surface area contributed by atoms with Crippen LogP contribution in [0.25, 0.3) is 10.9 Å². The first-order valence-corrected chi connectivity index (χ1v) is 13.2. The van der Waals surface area contributed by atoms with E-state index >= 15 is 4.39 Å². The van der Waals surface area contributed by atoms with Gasteiger partial charge in [0, 0.05) is 48.0 Å². The Labute approximate surface area is 212 Å². The van der Waals surface area contributed by atoms with Crippen molar-refractivity contribution in [2.75, 3.05) is 38.1 Å². The largest absolute Gasteiger partial charge is 0.393 e. The molecule has 2 aliphatic rings. The van der Waals surface area contributed by atoms with Crippen LogP contribution in [0.2, 0.25) is 0 Å². The van der Waals surface area contributed by atoms with E-state index in [2.05, 4.69) is 58.2 Å². The van der Waals surface area contributed by atoms with Crippen molar-refractivity contribution in [3.05, 3.63) is 65.1 Å². The molecule has 3 heterocycles. The number of hydrogen-bond donors (Lipinski definition) is 3. The van der Waals surface area contributed by atoms with Gasteiger partial charge in [-0.1, -0.05) is 25.5 Å². The zero-order valence-electron chi connectivity index (χ0n) is 21.5. The number of halogens is 2. The molecule has 2 aromatic carbocycles. The number of benzene rings is 2. The van der Waals surface area contributed by atoms with E-state index < -0.39 is 12.3 Å². The Hall–Kier alpha value is -2.48. The fourth-order valence-electron chi connectivity index (χ4n) is 5.79. The van der Waals surface area contributed by atoms with Gasteiger partial charge < -0.3 is 15.4 Å². The maximum absolute atomic E-state index is 15.1. The van der Waals surface area contributed by atoms with Crippen molar-refractivity contribution < 1.29 is 13.9 Å². The van der Waals surface area contributed by atoms with E-state index in [1.165, 1.54) is 32.4 Å². The van der Waals surface area contributed by atoms with E-state index in [1.807, 2.05) is 0 Å². The number of aliphatic hydroxyl groups is 1. The second-order valence-electron chi connectivity index (χ2n) is 11.0. The molecule has 0 amide bonds. The van der Waals surface area contributed by atoms with E-state index in [-0.39, 0.29) is 24.4 Å². The molecular formula is C29H38F2N4O. The Morgan fingerprint density at radius 1 is 1.17 bits per heavy atom.